The van der Waals surface area contributed by atoms with Crippen molar-refractivity contribution < 1.29 is 4.74 Å². The average Bonchev–Trinajstić information content (AvgIpc) is 2.80. The molecule has 108 valence electrons. The van der Waals surface area contributed by atoms with Crippen molar-refractivity contribution in [2.75, 3.05) is 6.61 Å². The number of ether oxygens (including phenoxy) is 1. The van der Waals surface area contributed by atoms with Crippen LogP contribution in [-0.4, -0.2) is 24.1 Å². The third kappa shape index (κ3) is 2.88. The fourth-order valence-corrected chi connectivity index (χ4v) is 3.08. The molecule has 1 aromatic rings. The highest BCUT2D eigenvalue weighted by atomic mass is 16.5. The molecule has 3 rings (SSSR count). The van der Waals surface area contributed by atoms with Gasteiger partial charge in [-0.15, -0.1) is 0 Å². The lowest BCUT2D eigenvalue weighted by Crippen LogP contribution is -2.25. The molecule has 0 unspecified atom stereocenters. The lowest BCUT2D eigenvalue weighted by Gasteiger charge is -2.26. The Hall–Kier alpha value is -1.35. The predicted molar refractivity (Wildman–Crippen MR) is 82.2 cm³/mol. The van der Waals surface area contributed by atoms with Gasteiger partial charge in [0, 0.05) is 11.6 Å². The van der Waals surface area contributed by atoms with Gasteiger partial charge < -0.3 is 10.5 Å². The van der Waals surface area contributed by atoms with Crippen molar-refractivity contribution in [3.63, 3.8) is 0 Å². The number of hydrogen-bond donors (Lipinski definition) is 1. The van der Waals surface area contributed by atoms with Gasteiger partial charge in [-0.3, -0.25) is 0 Å². The van der Waals surface area contributed by atoms with Crippen LogP contribution in [0.2, 0.25) is 0 Å². The molecule has 1 aliphatic carbocycles. The normalized spacial score (nSPS) is 28.9. The monoisotopic (exact) mass is 272 g/mol. The number of nitrogens with two attached hydrogens (primary N) is 1. The smallest absolute Gasteiger partial charge is 0.216 e. The van der Waals surface area contributed by atoms with Crippen LogP contribution in [0.15, 0.2) is 29.3 Å². The van der Waals surface area contributed by atoms with Crippen molar-refractivity contribution in [2.45, 2.75) is 57.0 Å². The second kappa shape index (κ2) is 5.21. The van der Waals surface area contributed by atoms with E-state index in [9.17, 15) is 0 Å². The zero-order chi connectivity index (χ0) is 14.2. The number of benzene rings is 1. The third-order valence-electron chi connectivity index (χ3n) is 4.37. The molecule has 0 radical (unpaired) electrons. The summed E-state index contributed by atoms with van der Waals surface area (Å²) in [6, 6.07) is 9.16. The van der Waals surface area contributed by atoms with E-state index in [-0.39, 0.29) is 5.54 Å². The number of rotatable bonds is 2. The highest BCUT2D eigenvalue weighted by molar-refractivity contribution is 5.95. The topological polar surface area (TPSA) is 47.6 Å². The molecule has 3 nitrogen and oxygen atoms in total. The van der Waals surface area contributed by atoms with Gasteiger partial charge in [0.1, 0.15) is 6.61 Å². The van der Waals surface area contributed by atoms with Gasteiger partial charge >= 0.3 is 0 Å². The summed E-state index contributed by atoms with van der Waals surface area (Å²) >= 11 is 0. The number of aliphatic imine (C=N–C) groups is 1. The van der Waals surface area contributed by atoms with Crippen LogP contribution in [0.25, 0.3) is 0 Å². The Morgan fingerprint density at radius 2 is 1.75 bits per heavy atom. The molecule has 1 saturated carbocycles. The van der Waals surface area contributed by atoms with Gasteiger partial charge in [-0.2, -0.15) is 0 Å². The number of nitrogens with zero attached hydrogens (tertiary/aromatic N) is 1. The average molecular weight is 272 g/mol. The molecule has 20 heavy (non-hydrogen) atoms. The Kier molecular flexibility index (Phi) is 3.55. The van der Waals surface area contributed by atoms with Crippen LogP contribution in [0, 0.1) is 0 Å². The first-order chi connectivity index (χ1) is 9.53. The maximum absolute atomic E-state index is 5.97. The standard InChI is InChI=1S/C17H24N2O/c1-17(2)11-20-16(19-17)14-5-3-12(4-6-14)13-7-9-15(18)10-8-13/h3-6,13,15H,7-11,18H2,1-2H3/t13-,15-. The van der Waals surface area contributed by atoms with E-state index in [2.05, 4.69) is 43.1 Å². The first kappa shape index (κ1) is 13.6. The molecule has 1 fully saturated rings. The van der Waals surface area contributed by atoms with Gasteiger partial charge in [0.2, 0.25) is 5.90 Å². The second-order valence-electron chi connectivity index (χ2n) is 6.75. The molecule has 1 aliphatic heterocycles. The third-order valence-corrected chi connectivity index (χ3v) is 4.37. The fourth-order valence-electron chi connectivity index (χ4n) is 3.08. The summed E-state index contributed by atoms with van der Waals surface area (Å²) in [6.45, 7) is 4.86. The largest absolute Gasteiger partial charge is 0.475 e. The van der Waals surface area contributed by atoms with Crippen LogP contribution in [0.4, 0.5) is 0 Å². The molecule has 2 aliphatic rings. The van der Waals surface area contributed by atoms with Crippen molar-refractivity contribution in [1.82, 2.24) is 0 Å². The predicted octanol–water partition coefficient (Wildman–Crippen LogP) is 3.23. The molecule has 0 bridgehead atoms. The summed E-state index contributed by atoms with van der Waals surface area (Å²) in [4.78, 5) is 4.62. The van der Waals surface area contributed by atoms with E-state index in [0.717, 1.165) is 24.3 Å². The maximum atomic E-state index is 5.97. The summed E-state index contributed by atoms with van der Waals surface area (Å²) in [5, 5.41) is 0. The summed E-state index contributed by atoms with van der Waals surface area (Å²) in [6.07, 6.45) is 4.73. The first-order valence-electron chi connectivity index (χ1n) is 7.62. The van der Waals surface area contributed by atoms with Crippen LogP contribution in [0.5, 0.6) is 0 Å². The van der Waals surface area contributed by atoms with E-state index in [4.69, 9.17) is 10.5 Å². The summed E-state index contributed by atoms with van der Waals surface area (Å²) in [5.41, 5.74) is 8.40. The van der Waals surface area contributed by atoms with Gasteiger partial charge in [0.05, 0.1) is 5.54 Å². The highest BCUT2D eigenvalue weighted by Gasteiger charge is 2.27. The molecule has 1 heterocycles. The van der Waals surface area contributed by atoms with Crippen molar-refractivity contribution >= 4 is 5.90 Å². The van der Waals surface area contributed by atoms with Crippen LogP contribution in [-0.2, 0) is 4.74 Å². The molecular formula is C17H24N2O. The second-order valence-corrected chi connectivity index (χ2v) is 6.75. The molecular weight excluding hydrogens is 248 g/mol. The van der Waals surface area contributed by atoms with E-state index in [1.807, 2.05) is 0 Å². The molecule has 0 saturated heterocycles. The molecule has 3 heteroatoms. The summed E-state index contributed by atoms with van der Waals surface area (Å²) in [5.74, 6) is 1.46. The summed E-state index contributed by atoms with van der Waals surface area (Å²) in [7, 11) is 0. The Morgan fingerprint density at radius 3 is 2.30 bits per heavy atom. The molecule has 2 N–H and O–H groups in total. The minimum absolute atomic E-state index is 0.0898. The van der Waals surface area contributed by atoms with Crippen LogP contribution >= 0.6 is 0 Å². The Bertz CT molecular complexity index is 496. The zero-order valence-corrected chi connectivity index (χ0v) is 12.4. The van der Waals surface area contributed by atoms with E-state index in [1.54, 1.807) is 0 Å². The number of hydrogen-bond acceptors (Lipinski definition) is 3. The minimum atomic E-state index is -0.0898. The van der Waals surface area contributed by atoms with Gasteiger partial charge in [-0.05, 0) is 63.1 Å². The highest BCUT2D eigenvalue weighted by Crippen LogP contribution is 2.32. The Balaban J connectivity index is 1.72. The lowest BCUT2D eigenvalue weighted by atomic mass is 9.82. The maximum Gasteiger partial charge on any atom is 0.216 e. The van der Waals surface area contributed by atoms with Gasteiger partial charge in [-0.25, -0.2) is 4.99 Å². The van der Waals surface area contributed by atoms with Crippen molar-refractivity contribution in [2.24, 2.45) is 10.7 Å². The van der Waals surface area contributed by atoms with Crippen molar-refractivity contribution in [3.8, 4) is 0 Å². The van der Waals surface area contributed by atoms with E-state index in [1.165, 1.54) is 18.4 Å². The Labute approximate surface area is 121 Å². The van der Waals surface area contributed by atoms with Crippen molar-refractivity contribution in [3.05, 3.63) is 35.4 Å². The van der Waals surface area contributed by atoms with E-state index < -0.39 is 0 Å². The quantitative estimate of drug-likeness (QED) is 0.898. The lowest BCUT2D eigenvalue weighted by molar-refractivity contribution is 0.279. The van der Waals surface area contributed by atoms with Crippen molar-refractivity contribution in [1.29, 1.82) is 0 Å². The SMILES string of the molecule is CC1(C)COC(c2ccc([C@H]3CC[C@H](N)CC3)cc2)=N1. The minimum Gasteiger partial charge on any atom is -0.475 e. The molecule has 1 aromatic carbocycles. The van der Waals surface area contributed by atoms with Gasteiger partial charge in [0.15, 0.2) is 0 Å². The Morgan fingerprint density at radius 1 is 1.10 bits per heavy atom. The molecule has 0 amide bonds. The van der Waals surface area contributed by atoms with Crippen LogP contribution < -0.4 is 5.73 Å². The first-order valence-corrected chi connectivity index (χ1v) is 7.62. The van der Waals surface area contributed by atoms with Gasteiger partial charge in [0.25, 0.3) is 0 Å². The molecule has 0 spiro atoms. The molecule has 0 atom stereocenters. The van der Waals surface area contributed by atoms with E-state index in [0.29, 0.717) is 18.6 Å². The zero-order valence-electron chi connectivity index (χ0n) is 12.4. The summed E-state index contributed by atoms with van der Waals surface area (Å²) < 4.78 is 5.69. The van der Waals surface area contributed by atoms with Crippen LogP contribution in [0.3, 0.4) is 0 Å². The van der Waals surface area contributed by atoms with E-state index >= 15 is 0 Å². The molecule has 0 aromatic heterocycles. The fraction of sp³-hybridized carbons (Fsp3) is 0.588. The van der Waals surface area contributed by atoms with Crippen LogP contribution in [0.1, 0.15) is 56.6 Å². The van der Waals surface area contributed by atoms with Gasteiger partial charge in [-0.1, -0.05) is 12.1 Å².